The van der Waals surface area contributed by atoms with Crippen LogP contribution in [0.3, 0.4) is 0 Å². The van der Waals surface area contributed by atoms with Crippen molar-refractivity contribution >= 4 is 17.7 Å². The van der Waals surface area contributed by atoms with Crippen LogP contribution in [0.2, 0.25) is 0 Å². The van der Waals surface area contributed by atoms with Crippen LogP contribution in [-0.4, -0.2) is 28.3 Å². The predicted octanol–water partition coefficient (Wildman–Crippen LogP) is 4.52. The molecule has 0 saturated heterocycles. The van der Waals surface area contributed by atoms with E-state index in [-0.39, 0.29) is 12.8 Å². The van der Waals surface area contributed by atoms with Crippen molar-refractivity contribution < 1.29 is 22.5 Å². The molecular formula is C18H20F3N3O2S. The zero-order chi connectivity index (χ0) is 19.4. The number of amides is 1. The van der Waals surface area contributed by atoms with E-state index < -0.39 is 24.0 Å². The molecule has 1 amide bonds. The number of alkyl halides is 3. The average Bonchev–Trinajstić information content (AvgIpc) is 3.05. The largest absolute Gasteiger partial charge is 0.391 e. The summed E-state index contributed by atoms with van der Waals surface area (Å²) in [6.07, 6.45) is -1.58. The molecule has 0 aliphatic heterocycles. The Hall–Kier alpha value is -2.03. The van der Waals surface area contributed by atoms with Gasteiger partial charge in [0.25, 0.3) is 5.91 Å². The van der Waals surface area contributed by atoms with Gasteiger partial charge in [0.15, 0.2) is 0 Å². The van der Waals surface area contributed by atoms with Crippen molar-refractivity contribution in [1.29, 1.82) is 0 Å². The van der Waals surface area contributed by atoms with Gasteiger partial charge in [-0.15, -0.1) is 0 Å². The summed E-state index contributed by atoms with van der Waals surface area (Å²) in [6, 6.07) is 4.59. The van der Waals surface area contributed by atoms with Crippen LogP contribution in [0.1, 0.15) is 47.5 Å². The number of aromatic nitrogens is 2. The standard InChI is InChI=1S/C18H20F3N3O2S/c1-11-8-14(24-26-11)10-27-17-15(6-3-7-22-17)16(25)23-13-5-2-4-12(9-13)18(19,20)21/h3,6-8,12-13H,2,4-5,9-10H2,1H3,(H,23,25)/t12-,13-/m1/s1. The van der Waals surface area contributed by atoms with Crippen molar-refractivity contribution in [1.82, 2.24) is 15.5 Å². The van der Waals surface area contributed by atoms with Crippen LogP contribution in [0, 0.1) is 12.8 Å². The maximum Gasteiger partial charge on any atom is 0.391 e. The molecule has 146 valence electrons. The third-order valence-electron chi connectivity index (χ3n) is 4.52. The van der Waals surface area contributed by atoms with Crippen LogP contribution in [0.4, 0.5) is 13.2 Å². The molecule has 1 aliphatic carbocycles. The number of thioether (sulfide) groups is 1. The summed E-state index contributed by atoms with van der Waals surface area (Å²) in [5.41, 5.74) is 1.09. The Balaban J connectivity index is 1.64. The molecule has 9 heteroatoms. The van der Waals surface area contributed by atoms with Gasteiger partial charge in [-0.3, -0.25) is 4.79 Å². The van der Waals surface area contributed by atoms with E-state index in [0.29, 0.717) is 34.9 Å². The summed E-state index contributed by atoms with van der Waals surface area (Å²) in [6.45, 7) is 1.79. The van der Waals surface area contributed by atoms with Crippen LogP contribution < -0.4 is 5.32 Å². The normalized spacial score (nSPS) is 20.4. The molecule has 3 rings (SSSR count). The number of carbonyl (C=O) groups is 1. The molecule has 2 atom stereocenters. The smallest absolute Gasteiger partial charge is 0.361 e. The van der Waals surface area contributed by atoms with Crippen LogP contribution in [-0.2, 0) is 5.75 Å². The number of hydrogen-bond donors (Lipinski definition) is 1. The fourth-order valence-electron chi connectivity index (χ4n) is 3.19. The van der Waals surface area contributed by atoms with Gasteiger partial charge in [-0.1, -0.05) is 23.3 Å². The van der Waals surface area contributed by atoms with Gasteiger partial charge in [-0.2, -0.15) is 13.2 Å². The molecule has 1 saturated carbocycles. The van der Waals surface area contributed by atoms with Gasteiger partial charge < -0.3 is 9.84 Å². The lowest BCUT2D eigenvalue weighted by atomic mass is 9.85. The van der Waals surface area contributed by atoms with Crippen molar-refractivity contribution in [2.45, 2.75) is 55.6 Å². The number of halogens is 3. The Morgan fingerprint density at radius 2 is 2.22 bits per heavy atom. The molecule has 2 heterocycles. The monoisotopic (exact) mass is 399 g/mol. The van der Waals surface area contributed by atoms with Crippen LogP contribution >= 0.6 is 11.8 Å². The topological polar surface area (TPSA) is 68.0 Å². The Labute approximate surface area is 159 Å². The first kappa shape index (κ1) is 19.7. The highest BCUT2D eigenvalue weighted by molar-refractivity contribution is 7.98. The van der Waals surface area contributed by atoms with Gasteiger partial charge in [0.1, 0.15) is 10.8 Å². The van der Waals surface area contributed by atoms with Gasteiger partial charge in [0.2, 0.25) is 0 Å². The maximum absolute atomic E-state index is 13.0. The first-order valence-corrected chi connectivity index (χ1v) is 9.69. The molecule has 0 spiro atoms. The summed E-state index contributed by atoms with van der Waals surface area (Å²) in [7, 11) is 0. The van der Waals surface area contributed by atoms with E-state index in [1.165, 1.54) is 11.8 Å². The second-order valence-corrected chi connectivity index (χ2v) is 7.61. The minimum absolute atomic E-state index is 0.0732. The molecule has 27 heavy (non-hydrogen) atoms. The zero-order valence-corrected chi connectivity index (χ0v) is 15.6. The lowest BCUT2D eigenvalue weighted by Gasteiger charge is -2.31. The van der Waals surface area contributed by atoms with E-state index >= 15 is 0 Å². The van der Waals surface area contributed by atoms with Gasteiger partial charge in [0.05, 0.1) is 17.2 Å². The average molecular weight is 399 g/mol. The van der Waals surface area contributed by atoms with E-state index in [4.69, 9.17) is 4.52 Å². The van der Waals surface area contributed by atoms with Crippen LogP contribution in [0.5, 0.6) is 0 Å². The Bertz CT molecular complexity index is 794. The van der Waals surface area contributed by atoms with E-state index in [1.807, 2.05) is 0 Å². The first-order chi connectivity index (χ1) is 12.8. The summed E-state index contributed by atoms with van der Waals surface area (Å²) in [4.78, 5) is 16.9. The van der Waals surface area contributed by atoms with Crippen molar-refractivity contribution in [2.24, 2.45) is 5.92 Å². The number of rotatable bonds is 5. The fourth-order valence-corrected chi connectivity index (χ4v) is 4.06. The lowest BCUT2D eigenvalue weighted by molar-refractivity contribution is -0.183. The molecular weight excluding hydrogens is 379 g/mol. The highest BCUT2D eigenvalue weighted by Gasteiger charge is 2.42. The quantitative estimate of drug-likeness (QED) is 0.749. The SMILES string of the molecule is Cc1cc(CSc2ncccc2C(=O)N[C@@H]2CCC[C@@H](C(F)(F)F)C2)no1. The molecule has 0 aromatic carbocycles. The second kappa shape index (κ2) is 8.33. The van der Waals surface area contributed by atoms with Crippen molar-refractivity contribution in [3.8, 4) is 0 Å². The molecule has 1 aliphatic rings. The Morgan fingerprint density at radius 3 is 2.93 bits per heavy atom. The number of carbonyl (C=O) groups excluding carboxylic acids is 1. The molecule has 2 aromatic rings. The molecule has 2 aromatic heterocycles. The summed E-state index contributed by atoms with van der Waals surface area (Å²) >= 11 is 1.33. The Morgan fingerprint density at radius 1 is 1.41 bits per heavy atom. The number of nitrogens with zero attached hydrogens (tertiary/aromatic N) is 2. The van der Waals surface area contributed by atoms with Crippen LogP contribution in [0.15, 0.2) is 33.9 Å². The third-order valence-corrected chi connectivity index (χ3v) is 5.56. The molecule has 1 N–H and O–H groups in total. The van der Waals surface area contributed by atoms with Gasteiger partial charge >= 0.3 is 6.18 Å². The fraction of sp³-hybridized carbons (Fsp3) is 0.500. The summed E-state index contributed by atoms with van der Waals surface area (Å²) in [5.74, 6) is -0.570. The van der Waals surface area contributed by atoms with Crippen molar-refractivity contribution in [3.63, 3.8) is 0 Å². The van der Waals surface area contributed by atoms with Gasteiger partial charge in [-0.05, 0) is 38.3 Å². The Kier molecular flexibility index (Phi) is 6.08. The van der Waals surface area contributed by atoms with Crippen molar-refractivity contribution in [2.75, 3.05) is 0 Å². The molecule has 5 nitrogen and oxygen atoms in total. The third kappa shape index (κ3) is 5.24. The minimum Gasteiger partial charge on any atom is -0.361 e. The second-order valence-electron chi connectivity index (χ2n) is 6.65. The predicted molar refractivity (Wildman–Crippen MR) is 94.3 cm³/mol. The van der Waals surface area contributed by atoms with Gasteiger partial charge in [-0.25, -0.2) is 4.98 Å². The number of pyridine rings is 1. The molecule has 0 radical (unpaired) electrons. The van der Waals surface area contributed by atoms with E-state index in [2.05, 4.69) is 15.5 Å². The minimum atomic E-state index is -4.21. The first-order valence-electron chi connectivity index (χ1n) is 8.70. The number of aryl methyl sites for hydroxylation is 1. The molecule has 1 fully saturated rings. The zero-order valence-electron chi connectivity index (χ0n) is 14.8. The van der Waals surface area contributed by atoms with Crippen molar-refractivity contribution in [3.05, 3.63) is 41.4 Å². The summed E-state index contributed by atoms with van der Waals surface area (Å²) < 4.78 is 43.9. The van der Waals surface area contributed by atoms with Crippen LogP contribution in [0.25, 0.3) is 0 Å². The maximum atomic E-state index is 13.0. The highest BCUT2D eigenvalue weighted by Crippen LogP contribution is 2.37. The molecule has 0 unspecified atom stereocenters. The number of hydrogen-bond acceptors (Lipinski definition) is 5. The number of nitrogens with one attached hydrogen (secondary N) is 1. The van der Waals surface area contributed by atoms with E-state index in [1.54, 1.807) is 31.3 Å². The van der Waals surface area contributed by atoms with E-state index in [9.17, 15) is 18.0 Å². The lowest BCUT2D eigenvalue weighted by Crippen LogP contribution is -2.41. The molecule has 0 bridgehead atoms. The summed E-state index contributed by atoms with van der Waals surface area (Å²) in [5, 5.41) is 7.17. The van der Waals surface area contributed by atoms with Gasteiger partial charge in [0, 0.05) is 24.1 Å². The highest BCUT2D eigenvalue weighted by atomic mass is 32.2. The van der Waals surface area contributed by atoms with E-state index in [0.717, 1.165) is 5.69 Å².